The number of nitrogens with one attached hydrogen (secondary N) is 1. The first-order valence-electron chi connectivity index (χ1n) is 6.69. The summed E-state index contributed by atoms with van der Waals surface area (Å²) in [5.41, 5.74) is 5.48. The molecular weight excluding hydrogens is 216 g/mol. The molecule has 0 aromatic carbocycles. The highest BCUT2D eigenvalue weighted by Crippen LogP contribution is 2.12. The fourth-order valence-electron chi connectivity index (χ4n) is 1.80. The Morgan fingerprint density at radius 2 is 1.94 bits per heavy atom. The summed E-state index contributed by atoms with van der Waals surface area (Å²) in [6.07, 6.45) is 2.76. The molecule has 0 aliphatic heterocycles. The molecule has 0 aromatic heterocycles. The predicted octanol–water partition coefficient (Wildman–Crippen LogP) is 1.27. The van der Waals surface area contributed by atoms with Crippen LogP contribution in [0.25, 0.3) is 0 Å². The van der Waals surface area contributed by atoms with Crippen molar-refractivity contribution in [1.29, 1.82) is 0 Å². The average molecular weight is 244 g/mol. The Morgan fingerprint density at radius 3 is 2.41 bits per heavy atom. The van der Waals surface area contributed by atoms with Crippen LogP contribution >= 0.6 is 0 Å². The molecule has 0 saturated heterocycles. The van der Waals surface area contributed by atoms with Crippen LogP contribution < -0.4 is 11.1 Å². The number of hydrogen-bond acceptors (Lipinski definition) is 3. The van der Waals surface area contributed by atoms with E-state index in [0.717, 1.165) is 19.3 Å². The van der Waals surface area contributed by atoms with Gasteiger partial charge in [-0.05, 0) is 24.8 Å². The highest BCUT2D eigenvalue weighted by Gasteiger charge is 2.16. The zero-order valence-electron chi connectivity index (χ0n) is 11.4. The van der Waals surface area contributed by atoms with Crippen LogP contribution in [0.3, 0.4) is 0 Å². The lowest BCUT2D eigenvalue weighted by Gasteiger charge is -2.20. The van der Waals surface area contributed by atoms with E-state index in [-0.39, 0.29) is 11.8 Å². The van der Waals surface area contributed by atoms with Crippen molar-refractivity contribution in [2.75, 3.05) is 13.1 Å². The first-order valence-corrected chi connectivity index (χ1v) is 6.69. The van der Waals surface area contributed by atoms with Crippen molar-refractivity contribution in [2.24, 2.45) is 17.6 Å². The summed E-state index contributed by atoms with van der Waals surface area (Å²) in [5.74, 6) is 0.665. The van der Waals surface area contributed by atoms with Gasteiger partial charge in [0.2, 0.25) is 5.91 Å². The SMILES string of the molecule is CCC(CC)C(O)CNC(=O)CCC(C)CN. The monoisotopic (exact) mass is 244 g/mol. The Balaban J connectivity index is 3.75. The largest absolute Gasteiger partial charge is 0.391 e. The van der Waals surface area contributed by atoms with Gasteiger partial charge >= 0.3 is 0 Å². The minimum Gasteiger partial charge on any atom is -0.391 e. The van der Waals surface area contributed by atoms with Gasteiger partial charge in [0, 0.05) is 13.0 Å². The number of rotatable bonds is 9. The number of aliphatic hydroxyl groups excluding tert-OH is 1. The first-order chi connectivity index (χ1) is 8.04. The third-order valence-electron chi connectivity index (χ3n) is 3.37. The number of carbonyl (C=O) groups is 1. The van der Waals surface area contributed by atoms with Gasteiger partial charge in [0.25, 0.3) is 0 Å². The molecule has 4 heteroatoms. The van der Waals surface area contributed by atoms with Crippen LogP contribution in [0, 0.1) is 11.8 Å². The Kier molecular flexibility index (Phi) is 9.09. The van der Waals surface area contributed by atoms with Gasteiger partial charge in [-0.1, -0.05) is 33.6 Å². The van der Waals surface area contributed by atoms with E-state index in [1.807, 2.05) is 6.92 Å². The molecule has 4 nitrogen and oxygen atoms in total. The number of aliphatic hydroxyl groups is 1. The van der Waals surface area contributed by atoms with Crippen LogP contribution in [0.5, 0.6) is 0 Å². The second-order valence-electron chi connectivity index (χ2n) is 4.83. The van der Waals surface area contributed by atoms with Gasteiger partial charge in [-0.25, -0.2) is 0 Å². The van der Waals surface area contributed by atoms with Crippen LogP contribution in [0.2, 0.25) is 0 Å². The smallest absolute Gasteiger partial charge is 0.220 e. The maximum absolute atomic E-state index is 11.5. The van der Waals surface area contributed by atoms with E-state index >= 15 is 0 Å². The maximum atomic E-state index is 11.5. The molecule has 0 rings (SSSR count). The van der Waals surface area contributed by atoms with Crippen LogP contribution in [0.15, 0.2) is 0 Å². The van der Waals surface area contributed by atoms with Gasteiger partial charge in [-0.2, -0.15) is 0 Å². The minimum atomic E-state index is -0.430. The number of amides is 1. The van der Waals surface area contributed by atoms with Crippen LogP contribution in [-0.2, 0) is 4.79 Å². The highest BCUT2D eigenvalue weighted by atomic mass is 16.3. The van der Waals surface area contributed by atoms with Crippen molar-refractivity contribution < 1.29 is 9.90 Å². The summed E-state index contributed by atoms with van der Waals surface area (Å²) in [6.45, 7) is 7.13. The summed E-state index contributed by atoms with van der Waals surface area (Å²) in [4.78, 5) is 11.5. The third kappa shape index (κ3) is 7.34. The fraction of sp³-hybridized carbons (Fsp3) is 0.923. The Labute approximate surface area is 105 Å². The molecule has 2 atom stereocenters. The Bertz CT molecular complexity index is 206. The van der Waals surface area contributed by atoms with Crippen molar-refractivity contribution >= 4 is 5.91 Å². The third-order valence-corrected chi connectivity index (χ3v) is 3.37. The summed E-state index contributed by atoms with van der Waals surface area (Å²) in [6, 6.07) is 0. The predicted molar refractivity (Wildman–Crippen MR) is 70.5 cm³/mol. The number of carbonyl (C=O) groups excluding carboxylic acids is 1. The van der Waals surface area contributed by atoms with Gasteiger partial charge in [0.1, 0.15) is 0 Å². The van der Waals surface area contributed by atoms with Crippen LogP contribution in [0.4, 0.5) is 0 Å². The number of nitrogens with two attached hydrogens (primary N) is 1. The lowest BCUT2D eigenvalue weighted by molar-refractivity contribution is -0.122. The second-order valence-corrected chi connectivity index (χ2v) is 4.83. The summed E-state index contributed by atoms with van der Waals surface area (Å²) in [5, 5.41) is 12.6. The van der Waals surface area contributed by atoms with Gasteiger partial charge in [0.15, 0.2) is 0 Å². The van der Waals surface area contributed by atoms with Crippen molar-refractivity contribution in [2.45, 2.75) is 52.6 Å². The van der Waals surface area contributed by atoms with Gasteiger partial charge in [-0.15, -0.1) is 0 Å². The van der Waals surface area contributed by atoms with E-state index in [0.29, 0.717) is 25.4 Å². The summed E-state index contributed by atoms with van der Waals surface area (Å²) >= 11 is 0. The average Bonchev–Trinajstić information content (AvgIpc) is 2.34. The molecule has 1 amide bonds. The molecule has 0 aliphatic carbocycles. The van der Waals surface area contributed by atoms with Crippen LogP contribution in [-0.4, -0.2) is 30.2 Å². The molecule has 0 fully saturated rings. The molecule has 17 heavy (non-hydrogen) atoms. The van der Waals surface area contributed by atoms with E-state index in [9.17, 15) is 9.90 Å². The van der Waals surface area contributed by atoms with Gasteiger partial charge < -0.3 is 16.2 Å². The van der Waals surface area contributed by atoms with E-state index in [1.165, 1.54) is 0 Å². The topological polar surface area (TPSA) is 75.3 Å². The Morgan fingerprint density at radius 1 is 1.35 bits per heavy atom. The van der Waals surface area contributed by atoms with E-state index in [2.05, 4.69) is 19.2 Å². The van der Waals surface area contributed by atoms with Crippen molar-refractivity contribution in [3.8, 4) is 0 Å². The number of hydrogen-bond donors (Lipinski definition) is 3. The summed E-state index contributed by atoms with van der Waals surface area (Å²) < 4.78 is 0. The van der Waals surface area contributed by atoms with Crippen molar-refractivity contribution in [3.05, 3.63) is 0 Å². The molecule has 0 saturated carbocycles. The molecule has 0 heterocycles. The standard InChI is InChI=1S/C13H28N2O2/c1-4-11(5-2)12(16)9-15-13(17)7-6-10(3)8-14/h10-12,16H,4-9,14H2,1-3H3,(H,15,17). The van der Waals surface area contributed by atoms with Crippen molar-refractivity contribution in [1.82, 2.24) is 5.32 Å². The van der Waals surface area contributed by atoms with Gasteiger partial charge in [-0.3, -0.25) is 4.79 Å². The second kappa shape index (κ2) is 9.42. The zero-order valence-corrected chi connectivity index (χ0v) is 11.4. The lowest BCUT2D eigenvalue weighted by Crippen LogP contribution is -2.36. The van der Waals surface area contributed by atoms with E-state index < -0.39 is 6.10 Å². The molecule has 2 unspecified atom stereocenters. The molecule has 102 valence electrons. The normalized spacial score (nSPS) is 14.7. The minimum absolute atomic E-state index is 0.00954. The van der Waals surface area contributed by atoms with E-state index in [1.54, 1.807) is 0 Å². The molecule has 0 spiro atoms. The molecular formula is C13H28N2O2. The molecule has 0 radical (unpaired) electrons. The molecule has 0 bridgehead atoms. The highest BCUT2D eigenvalue weighted by molar-refractivity contribution is 5.75. The summed E-state index contributed by atoms with van der Waals surface area (Å²) in [7, 11) is 0. The fourth-order valence-corrected chi connectivity index (χ4v) is 1.80. The first kappa shape index (κ1) is 16.4. The Hall–Kier alpha value is -0.610. The maximum Gasteiger partial charge on any atom is 0.220 e. The molecule has 0 aliphatic rings. The molecule has 4 N–H and O–H groups in total. The zero-order chi connectivity index (χ0) is 13.3. The van der Waals surface area contributed by atoms with Crippen molar-refractivity contribution in [3.63, 3.8) is 0 Å². The van der Waals surface area contributed by atoms with E-state index in [4.69, 9.17) is 5.73 Å². The van der Waals surface area contributed by atoms with Crippen LogP contribution in [0.1, 0.15) is 46.5 Å². The molecule has 0 aromatic rings. The lowest BCUT2D eigenvalue weighted by atomic mass is 9.96. The van der Waals surface area contributed by atoms with Gasteiger partial charge in [0.05, 0.1) is 6.10 Å². The quantitative estimate of drug-likeness (QED) is 0.572.